The van der Waals surface area contributed by atoms with E-state index in [-0.39, 0.29) is 5.91 Å². The Kier molecular flexibility index (Phi) is 6.87. The zero-order valence-corrected chi connectivity index (χ0v) is 16.4. The van der Waals surface area contributed by atoms with Crippen LogP contribution in [0.3, 0.4) is 0 Å². The standard InChI is InChI=1S/C21H30N4O2/c1-17-5-3-12-25(15-17)13-4-10-23-21(26)18-6-8-19(9-7-18)27-16-20-22-11-14-24(20)2/h6-9,11,14,17H,3-5,10,12-13,15-16H2,1-2H3,(H,23,26)/t17-/m0/s1. The first-order valence-corrected chi connectivity index (χ1v) is 9.81. The van der Waals surface area contributed by atoms with E-state index in [2.05, 4.69) is 22.1 Å². The second kappa shape index (κ2) is 9.55. The van der Waals surface area contributed by atoms with Crippen molar-refractivity contribution in [1.82, 2.24) is 19.8 Å². The molecule has 0 bridgehead atoms. The monoisotopic (exact) mass is 370 g/mol. The number of carbonyl (C=O) groups excluding carboxylic acids is 1. The molecule has 0 spiro atoms. The van der Waals surface area contributed by atoms with Crippen molar-refractivity contribution in [1.29, 1.82) is 0 Å². The average molecular weight is 370 g/mol. The van der Waals surface area contributed by atoms with E-state index in [1.807, 2.05) is 29.9 Å². The Morgan fingerprint density at radius 3 is 2.85 bits per heavy atom. The Bertz CT molecular complexity index is 726. The van der Waals surface area contributed by atoms with Gasteiger partial charge in [0.05, 0.1) is 0 Å². The molecule has 1 atom stereocenters. The molecule has 0 aliphatic carbocycles. The van der Waals surface area contributed by atoms with E-state index in [1.165, 1.54) is 25.9 Å². The molecule has 1 aliphatic heterocycles. The summed E-state index contributed by atoms with van der Waals surface area (Å²) < 4.78 is 7.64. The lowest BCUT2D eigenvalue weighted by Gasteiger charge is -2.30. The van der Waals surface area contributed by atoms with Crippen LogP contribution in [0.1, 0.15) is 42.4 Å². The molecule has 3 rings (SSSR count). The van der Waals surface area contributed by atoms with Gasteiger partial charge in [0, 0.05) is 38.1 Å². The third-order valence-corrected chi connectivity index (χ3v) is 5.08. The summed E-state index contributed by atoms with van der Waals surface area (Å²) in [5.41, 5.74) is 0.658. The molecule has 2 aromatic rings. The van der Waals surface area contributed by atoms with Crippen molar-refractivity contribution in [3.05, 3.63) is 48.0 Å². The van der Waals surface area contributed by atoms with Gasteiger partial charge in [0.2, 0.25) is 0 Å². The Morgan fingerprint density at radius 2 is 2.15 bits per heavy atom. The van der Waals surface area contributed by atoms with Crippen LogP contribution in [0, 0.1) is 5.92 Å². The molecule has 1 fully saturated rings. The number of benzene rings is 1. The maximum atomic E-state index is 12.3. The number of likely N-dealkylation sites (tertiary alicyclic amines) is 1. The van der Waals surface area contributed by atoms with Gasteiger partial charge in [-0.05, 0) is 62.5 Å². The SMILES string of the molecule is C[C@H]1CCCN(CCCNC(=O)c2ccc(OCc3nccn3C)cc2)C1. The summed E-state index contributed by atoms with van der Waals surface area (Å²) in [5, 5.41) is 3.01. The molecule has 1 aliphatic rings. The number of carbonyl (C=O) groups is 1. The van der Waals surface area contributed by atoms with E-state index < -0.39 is 0 Å². The highest BCUT2D eigenvalue weighted by Gasteiger charge is 2.15. The lowest BCUT2D eigenvalue weighted by atomic mass is 10.0. The van der Waals surface area contributed by atoms with Gasteiger partial charge >= 0.3 is 0 Å². The number of imidazole rings is 1. The molecule has 6 nitrogen and oxygen atoms in total. The van der Waals surface area contributed by atoms with Gasteiger partial charge in [0.25, 0.3) is 5.91 Å². The molecule has 146 valence electrons. The summed E-state index contributed by atoms with van der Waals surface area (Å²) in [6.45, 7) is 6.87. The maximum absolute atomic E-state index is 12.3. The van der Waals surface area contributed by atoms with Crippen molar-refractivity contribution >= 4 is 5.91 Å². The van der Waals surface area contributed by atoms with Crippen LogP contribution in [0.15, 0.2) is 36.7 Å². The van der Waals surface area contributed by atoms with Crippen molar-refractivity contribution < 1.29 is 9.53 Å². The zero-order chi connectivity index (χ0) is 19.1. The number of hydrogen-bond donors (Lipinski definition) is 1. The van der Waals surface area contributed by atoms with Crippen LogP contribution in [0.5, 0.6) is 5.75 Å². The fourth-order valence-corrected chi connectivity index (χ4v) is 3.48. The van der Waals surface area contributed by atoms with Gasteiger partial charge in [-0.15, -0.1) is 0 Å². The van der Waals surface area contributed by atoms with Crippen molar-refractivity contribution in [2.45, 2.75) is 32.8 Å². The molecule has 2 heterocycles. The number of nitrogens with zero attached hydrogens (tertiary/aromatic N) is 3. The van der Waals surface area contributed by atoms with Crippen LogP contribution in [0.2, 0.25) is 0 Å². The lowest BCUT2D eigenvalue weighted by Crippen LogP contribution is -2.36. The highest BCUT2D eigenvalue weighted by Crippen LogP contribution is 2.16. The van der Waals surface area contributed by atoms with E-state index in [9.17, 15) is 4.79 Å². The third-order valence-electron chi connectivity index (χ3n) is 5.08. The summed E-state index contributed by atoms with van der Waals surface area (Å²) in [6, 6.07) is 7.25. The van der Waals surface area contributed by atoms with E-state index in [4.69, 9.17) is 4.74 Å². The maximum Gasteiger partial charge on any atom is 0.251 e. The number of aromatic nitrogens is 2. The first-order valence-electron chi connectivity index (χ1n) is 9.81. The molecule has 1 amide bonds. The second-order valence-electron chi connectivity index (χ2n) is 7.42. The molecule has 0 unspecified atom stereocenters. The van der Waals surface area contributed by atoms with E-state index in [0.29, 0.717) is 18.7 Å². The highest BCUT2D eigenvalue weighted by atomic mass is 16.5. The zero-order valence-electron chi connectivity index (χ0n) is 16.4. The van der Waals surface area contributed by atoms with Gasteiger partial charge in [-0.1, -0.05) is 6.92 Å². The number of rotatable bonds is 8. The predicted molar refractivity (Wildman–Crippen MR) is 106 cm³/mol. The Hall–Kier alpha value is -2.34. The van der Waals surface area contributed by atoms with Crippen molar-refractivity contribution in [3.8, 4) is 5.75 Å². The van der Waals surface area contributed by atoms with Gasteiger partial charge in [-0.2, -0.15) is 0 Å². The minimum Gasteiger partial charge on any atom is -0.486 e. The fraction of sp³-hybridized carbons (Fsp3) is 0.524. The number of hydrogen-bond acceptors (Lipinski definition) is 4. The van der Waals surface area contributed by atoms with Gasteiger partial charge in [-0.3, -0.25) is 4.79 Å². The number of nitrogens with one attached hydrogen (secondary N) is 1. The van der Waals surface area contributed by atoms with E-state index in [0.717, 1.165) is 30.5 Å². The van der Waals surface area contributed by atoms with Gasteiger partial charge in [0.15, 0.2) is 0 Å². The molecule has 27 heavy (non-hydrogen) atoms. The average Bonchev–Trinajstić information content (AvgIpc) is 3.09. The van der Waals surface area contributed by atoms with Crippen LogP contribution in [0.25, 0.3) is 0 Å². The molecule has 6 heteroatoms. The highest BCUT2D eigenvalue weighted by molar-refractivity contribution is 5.94. The van der Waals surface area contributed by atoms with Gasteiger partial charge < -0.3 is 19.5 Å². The van der Waals surface area contributed by atoms with Crippen LogP contribution in [-0.2, 0) is 13.7 Å². The second-order valence-corrected chi connectivity index (χ2v) is 7.42. The van der Waals surface area contributed by atoms with Gasteiger partial charge in [-0.25, -0.2) is 4.98 Å². The molecule has 1 aromatic carbocycles. The minimum atomic E-state index is -0.0299. The molecule has 0 radical (unpaired) electrons. The molecular formula is C21H30N4O2. The van der Waals surface area contributed by atoms with Crippen LogP contribution in [0.4, 0.5) is 0 Å². The van der Waals surface area contributed by atoms with Crippen LogP contribution < -0.4 is 10.1 Å². The Labute approximate surface area is 161 Å². The van der Waals surface area contributed by atoms with Crippen molar-refractivity contribution in [3.63, 3.8) is 0 Å². The van der Waals surface area contributed by atoms with Crippen molar-refractivity contribution in [2.75, 3.05) is 26.2 Å². The van der Waals surface area contributed by atoms with E-state index >= 15 is 0 Å². The number of piperidine rings is 1. The fourth-order valence-electron chi connectivity index (χ4n) is 3.48. The quantitative estimate of drug-likeness (QED) is 0.726. The van der Waals surface area contributed by atoms with Crippen molar-refractivity contribution in [2.24, 2.45) is 13.0 Å². The number of aryl methyl sites for hydroxylation is 1. The summed E-state index contributed by atoms with van der Waals surface area (Å²) >= 11 is 0. The molecule has 1 N–H and O–H groups in total. The molecule has 1 aromatic heterocycles. The predicted octanol–water partition coefficient (Wildman–Crippen LogP) is 2.85. The van der Waals surface area contributed by atoms with Crippen LogP contribution in [-0.4, -0.2) is 46.5 Å². The Balaban J connectivity index is 1.37. The smallest absolute Gasteiger partial charge is 0.251 e. The summed E-state index contributed by atoms with van der Waals surface area (Å²) in [7, 11) is 1.94. The summed E-state index contributed by atoms with van der Waals surface area (Å²) in [4.78, 5) is 19.0. The normalized spacial score (nSPS) is 17.6. The lowest BCUT2D eigenvalue weighted by molar-refractivity contribution is 0.0950. The first kappa shape index (κ1) is 19.4. The first-order chi connectivity index (χ1) is 13.1. The van der Waals surface area contributed by atoms with E-state index in [1.54, 1.807) is 18.3 Å². The van der Waals surface area contributed by atoms with Crippen LogP contribution >= 0.6 is 0 Å². The largest absolute Gasteiger partial charge is 0.486 e. The molecular weight excluding hydrogens is 340 g/mol. The minimum absolute atomic E-state index is 0.0299. The molecule has 1 saturated heterocycles. The third kappa shape index (κ3) is 5.82. The number of ether oxygens (including phenoxy) is 1. The summed E-state index contributed by atoms with van der Waals surface area (Å²) in [5.74, 6) is 2.36. The summed E-state index contributed by atoms with van der Waals surface area (Å²) in [6.07, 6.45) is 7.26. The number of amides is 1. The Morgan fingerprint density at radius 1 is 1.33 bits per heavy atom. The molecule has 0 saturated carbocycles. The topological polar surface area (TPSA) is 59.4 Å². The van der Waals surface area contributed by atoms with Gasteiger partial charge in [0.1, 0.15) is 18.2 Å².